The van der Waals surface area contributed by atoms with Crippen LogP contribution >= 0.6 is 0 Å². The van der Waals surface area contributed by atoms with E-state index in [2.05, 4.69) is 23.8 Å². The van der Waals surface area contributed by atoms with Crippen LogP contribution in [0.1, 0.15) is 19.4 Å². The molecule has 1 saturated heterocycles. The van der Waals surface area contributed by atoms with Crippen molar-refractivity contribution in [1.82, 2.24) is 5.32 Å². The van der Waals surface area contributed by atoms with Crippen LogP contribution in [0.3, 0.4) is 0 Å². The van der Waals surface area contributed by atoms with Crippen LogP contribution in [0.5, 0.6) is 0 Å². The molecule has 1 heterocycles. The number of aryl methyl sites for hydroxylation is 1. The number of hydrogen-bond donors (Lipinski definition) is 2. The molecule has 1 amide bonds. The predicted molar refractivity (Wildman–Crippen MR) is 92.4 cm³/mol. The van der Waals surface area contributed by atoms with Crippen LogP contribution in [0.25, 0.3) is 0 Å². The molecule has 2 atom stereocenters. The summed E-state index contributed by atoms with van der Waals surface area (Å²) in [5.74, 6) is -2.85. The van der Waals surface area contributed by atoms with Crippen LogP contribution in [0.15, 0.2) is 48.2 Å². The van der Waals surface area contributed by atoms with E-state index in [9.17, 15) is 13.6 Å². The molecule has 1 aliphatic heterocycles. The molecule has 24 heavy (non-hydrogen) atoms. The lowest BCUT2D eigenvalue weighted by atomic mass is 9.86. The van der Waals surface area contributed by atoms with E-state index in [1.165, 1.54) is 19.1 Å². The highest BCUT2D eigenvalue weighted by atomic mass is 19.2. The molecular weight excluding hydrogens is 310 g/mol. The first kappa shape index (κ1) is 17.9. The normalized spacial score (nSPS) is 19.6. The Morgan fingerprint density at radius 2 is 1.96 bits per heavy atom. The molecular formula is C19H22F2N2O. The van der Waals surface area contributed by atoms with Crippen LogP contribution in [-0.4, -0.2) is 12.5 Å². The van der Waals surface area contributed by atoms with Crippen molar-refractivity contribution in [2.24, 2.45) is 11.8 Å². The quantitative estimate of drug-likeness (QED) is 0.798. The maximum Gasteiger partial charge on any atom is 0.229 e. The van der Waals surface area contributed by atoms with Gasteiger partial charge in [-0.25, -0.2) is 8.78 Å². The number of nitrogens with one attached hydrogen (secondary N) is 2. The van der Waals surface area contributed by atoms with Gasteiger partial charge in [-0.05, 0) is 38.0 Å². The number of rotatable bonds is 5. The Labute approximate surface area is 141 Å². The molecule has 0 aromatic heterocycles. The number of halogens is 2. The summed E-state index contributed by atoms with van der Waals surface area (Å²) in [5.41, 5.74) is 2.38. The highest BCUT2D eigenvalue weighted by molar-refractivity contribution is 5.85. The summed E-state index contributed by atoms with van der Waals surface area (Å²) in [6, 6.07) is 2.91. The number of anilines is 1. The van der Waals surface area contributed by atoms with Crippen LogP contribution in [0, 0.1) is 30.4 Å². The van der Waals surface area contributed by atoms with E-state index >= 15 is 0 Å². The highest BCUT2D eigenvalue weighted by Gasteiger charge is 2.38. The van der Waals surface area contributed by atoms with Gasteiger partial charge < -0.3 is 10.6 Å². The van der Waals surface area contributed by atoms with Crippen LogP contribution < -0.4 is 10.6 Å². The van der Waals surface area contributed by atoms with E-state index in [4.69, 9.17) is 0 Å². The SMILES string of the molecule is C=C(Nc1ccc(C)c(F)c1F)[C@H]1C(=O)NC[C@@H]1C(=C)C=C(C)C. The van der Waals surface area contributed by atoms with Gasteiger partial charge in [0.1, 0.15) is 0 Å². The number of carbonyl (C=O) groups excluding carboxylic acids is 1. The largest absolute Gasteiger partial charge is 0.356 e. The Bertz CT molecular complexity index is 733. The molecule has 1 aromatic carbocycles. The fourth-order valence-electron chi connectivity index (χ4n) is 2.84. The van der Waals surface area contributed by atoms with Gasteiger partial charge in [-0.15, -0.1) is 0 Å². The molecule has 0 radical (unpaired) electrons. The number of carbonyl (C=O) groups is 1. The average molecular weight is 332 g/mol. The van der Waals surface area contributed by atoms with Crippen molar-refractivity contribution in [3.63, 3.8) is 0 Å². The first-order valence-electron chi connectivity index (χ1n) is 7.74. The van der Waals surface area contributed by atoms with Crippen LogP contribution in [0.2, 0.25) is 0 Å². The molecule has 1 aliphatic rings. The maximum absolute atomic E-state index is 14.0. The first-order valence-corrected chi connectivity index (χ1v) is 7.74. The molecule has 2 rings (SSSR count). The molecule has 0 saturated carbocycles. The number of benzene rings is 1. The Hall–Kier alpha value is -2.43. The van der Waals surface area contributed by atoms with E-state index in [1.54, 1.807) is 0 Å². The van der Waals surface area contributed by atoms with Gasteiger partial charge >= 0.3 is 0 Å². The number of hydrogen-bond acceptors (Lipinski definition) is 2. The van der Waals surface area contributed by atoms with Crippen LogP contribution in [-0.2, 0) is 4.79 Å². The summed E-state index contributed by atoms with van der Waals surface area (Å²) >= 11 is 0. The Balaban J connectivity index is 2.24. The van der Waals surface area contributed by atoms with E-state index < -0.39 is 17.6 Å². The predicted octanol–water partition coefficient (Wildman–Crippen LogP) is 4.08. The number of amides is 1. The van der Waals surface area contributed by atoms with E-state index in [-0.39, 0.29) is 23.1 Å². The van der Waals surface area contributed by atoms with Crippen LogP contribution in [0.4, 0.5) is 14.5 Å². The van der Waals surface area contributed by atoms with Gasteiger partial charge in [0.25, 0.3) is 0 Å². The van der Waals surface area contributed by atoms with Crippen molar-refractivity contribution in [3.8, 4) is 0 Å². The maximum atomic E-state index is 14.0. The van der Waals surface area contributed by atoms with Gasteiger partial charge in [0.05, 0.1) is 11.6 Å². The molecule has 1 fully saturated rings. The summed E-state index contributed by atoms with van der Waals surface area (Å²) in [4.78, 5) is 12.2. The second kappa shape index (κ2) is 6.99. The summed E-state index contributed by atoms with van der Waals surface area (Å²) in [7, 11) is 0. The lowest BCUT2D eigenvalue weighted by Gasteiger charge is -2.21. The standard InChI is InChI=1S/C19H22F2N2O/c1-10(2)8-12(4)14-9-22-19(24)16(14)13(5)23-15-7-6-11(3)17(20)18(15)21/h6-8,14,16,23H,4-5,9H2,1-3H3,(H,22,24)/t14-,16-/m1/s1. The second-order valence-electron chi connectivity index (χ2n) is 6.33. The zero-order valence-corrected chi connectivity index (χ0v) is 14.2. The lowest BCUT2D eigenvalue weighted by Crippen LogP contribution is -2.25. The summed E-state index contributed by atoms with van der Waals surface area (Å²) < 4.78 is 27.7. The summed E-state index contributed by atoms with van der Waals surface area (Å²) in [6.45, 7) is 13.7. The van der Waals surface area contributed by atoms with Gasteiger partial charge in [-0.2, -0.15) is 0 Å². The minimum Gasteiger partial charge on any atom is -0.356 e. The second-order valence-corrected chi connectivity index (χ2v) is 6.33. The van der Waals surface area contributed by atoms with Gasteiger partial charge in [0.15, 0.2) is 11.6 Å². The molecule has 5 heteroatoms. The summed E-state index contributed by atoms with van der Waals surface area (Å²) in [5, 5.41) is 5.53. The van der Waals surface area contributed by atoms with Gasteiger partial charge in [-0.3, -0.25) is 4.79 Å². The third-order valence-electron chi connectivity index (χ3n) is 4.08. The van der Waals surface area contributed by atoms with E-state index in [1.807, 2.05) is 19.9 Å². The van der Waals surface area contributed by atoms with Crippen molar-refractivity contribution in [1.29, 1.82) is 0 Å². The smallest absolute Gasteiger partial charge is 0.229 e. The Morgan fingerprint density at radius 3 is 2.58 bits per heavy atom. The average Bonchev–Trinajstić information content (AvgIpc) is 2.89. The minimum atomic E-state index is -0.978. The topological polar surface area (TPSA) is 41.1 Å². The van der Waals surface area contributed by atoms with Crippen molar-refractivity contribution < 1.29 is 13.6 Å². The zero-order chi connectivity index (χ0) is 18.0. The van der Waals surface area contributed by atoms with Crippen molar-refractivity contribution in [3.05, 3.63) is 65.4 Å². The first-order chi connectivity index (χ1) is 11.2. The van der Waals surface area contributed by atoms with Gasteiger partial charge in [-0.1, -0.05) is 30.9 Å². The molecule has 0 bridgehead atoms. The fraction of sp³-hybridized carbons (Fsp3) is 0.316. The third kappa shape index (κ3) is 3.55. The molecule has 128 valence electrons. The lowest BCUT2D eigenvalue weighted by molar-refractivity contribution is -0.121. The third-order valence-corrected chi connectivity index (χ3v) is 4.08. The van der Waals surface area contributed by atoms with Crippen molar-refractivity contribution >= 4 is 11.6 Å². The monoisotopic (exact) mass is 332 g/mol. The molecule has 0 unspecified atom stereocenters. The Morgan fingerprint density at radius 1 is 1.29 bits per heavy atom. The molecule has 1 aromatic rings. The molecule has 0 aliphatic carbocycles. The van der Waals surface area contributed by atoms with E-state index in [0.717, 1.165) is 11.1 Å². The number of allylic oxidation sites excluding steroid dienone is 2. The minimum absolute atomic E-state index is 0.0330. The zero-order valence-electron chi connectivity index (χ0n) is 14.2. The van der Waals surface area contributed by atoms with Gasteiger partial charge in [0, 0.05) is 18.2 Å². The molecule has 0 spiro atoms. The Kier molecular flexibility index (Phi) is 5.22. The van der Waals surface area contributed by atoms with Crippen molar-refractivity contribution in [2.45, 2.75) is 20.8 Å². The summed E-state index contributed by atoms with van der Waals surface area (Å²) in [6.07, 6.45) is 1.91. The fourth-order valence-corrected chi connectivity index (χ4v) is 2.84. The molecule has 3 nitrogen and oxygen atoms in total. The van der Waals surface area contributed by atoms with E-state index in [0.29, 0.717) is 12.2 Å². The molecule has 2 N–H and O–H groups in total. The highest BCUT2D eigenvalue weighted by Crippen LogP contribution is 2.32. The van der Waals surface area contributed by atoms with Crippen molar-refractivity contribution in [2.75, 3.05) is 11.9 Å². The van der Waals surface area contributed by atoms with Gasteiger partial charge in [0.2, 0.25) is 5.91 Å².